The zero-order chi connectivity index (χ0) is 18.0. The van der Waals surface area contributed by atoms with Crippen LogP contribution in [0.5, 0.6) is 0 Å². The Bertz CT molecular complexity index is 765. The number of fused-ring (bicyclic) bond motifs is 1. The van der Waals surface area contributed by atoms with Crippen molar-refractivity contribution >= 4 is 22.6 Å². The number of aromatic nitrogens is 1. The fraction of sp³-hybridized carbons (Fsp3) is 0.500. The highest BCUT2D eigenvalue weighted by Crippen LogP contribution is 2.19. The first-order valence-electron chi connectivity index (χ1n) is 8.93. The minimum absolute atomic E-state index is 0.159. The van der Waals surface area contributed by atoms with Crippen LogP contribution in [0, 0.1) is 5.41 Å². The van der Waals surface area contributed by atoms with Gasteiger partial charge in [0.25, 0.3) is 0 Å². The van der Waals surface area contributed by atoms with E-state index in [9.17, 15) is 9.59 Å². The lowest BCUT2D eigenvalue weighted by atomic mass is 9.90. The van der Waals surface area contributed by atoms with Gasteiger partial charge in [0.1, 0.15) is 0 Å². The summed E-state index contributed by atoms with van der Waals surface area (Å²) in [6.45, 7) is 9.26. The summed E-state index contributed by atoms with van der Waals surface area (Å²) < 4.78 is 0. The number of Topliss-reactive ketones (excluding diaryl/α,β-unsaturated/α-hetero) is 1. The van der Waals surface area contributed by atoms with Gasteiger partial charge in [0, 0.05) is 48.7 Å². The molecule has 0 saturated carbocycles. The van der Waals surface area contributed by atoms with Gasteiger partial charge in [-0.25, -0.2) is 0 Å². The first-order chi connectivity index (χ1) is 11.8. The van der Waals surface area contributed by atoms with Crippen LogP contribution >= 0.6 is 0 Å². The number of carbonyl (C=O) groups is 2. The molecule has 3 rings (SSSR count). The van der Waals surface area contributed by atoms with Gasteiger partial charge < -0.3 is 9.88 Å². The molecule has 1 saturated heterocycles. The van der Waals surface area contributed by atoms with Gasteiger partial charge in [-0.05, 0) is 11.6 Å². The summed E-state index contributed by atoms with van der Waals surface area (Å²) in [7, 11) is 0. The van der Waals surface area contributed by atoms with Gasteiger partial charge in [0.2, 0.25) is 5.91 Å². The summed E-state index contributed by atoms with van der Waals surface area (Å²) in [6.07, 6.45) is 2.35. The highest BCUT2D eigenvalue weighted by atomic mass is 16.2. The largest absolute Gasteiger partial charge is 0.361 e. The maximum absolute atomic E-state index is 12.6. The average Bonchev–Trinajstić information content (AvgIpc) is 2.98. The molecule has 1 aliphatic heterocycles. The van der Waals surface area contributed by atoms with Crippen LogP contribution in [0.4, 0.5) is 0 Å². The van der Waals surface area contributed by atoms with E-state index < -0.39 is 0 Å². The molecule has 5 nitrogen and oxygen atoms in total. The molecule has 0 spiro atoms. The van der Waals surface area contributed by atoms with Crippen molar-refractivity contribution in [2.45, 2.75) is 27.2 Å². The summed E-state index contributed by atoms with van der Waals surface area (Å²) in [5.74, 6) is 0.414. The van der Waals surface area contributed by atoms with Crippen molar-refractivity contribution < 1.29 is 9.59 Å². The van der Waals surface area contributed by atoms with E-state index in [-0.39, 0.29) is 17.1 Å². The van der Waals surface area contributed by atoms with E-state index in [4.69, 9.17) is 0 Å². The number of hydrogen-bond acceptors (Lipinski definition) is 3. The number of nitrogens with one attached hydrogen (secondary N) is 1. The molecule has 0 bridgehead atoms. The quantitative estimate of drug-likeness (QED) is 0.929. The Morgan fingerprint density at radius 2 is 1.76 bits per heavy atom. The molecule has 1 aromatic carbocycles. The fourth-order valence-electron chi connectivity index (χ4n) is 3.15. The number of piperazine rings is 1. The molecule has 134 valence electrons. The van der Waals surface area contributed by atoms with Crippen LogP contribution < -0.4 is 0 Å². The van der Waals surface area contributed by atoms with E-state index in [0.717, 1.165) is 29.6 Å². The van der Waals surface area contributed by atoms with E-state index in [1.54, 1.807) is 0 Å². The van der Waals surface area contributed by atoms with E-state index in [1.807, 2.05) is 56.1 Å². The normalized spacial score (nSPS) is 16.4. The Kier molecular flexibility index (Phi) is 4.95. The summed E-state index contributed by atoms with van der Waals surface area (Å²) >= 11 is 0. The molecular weight excluding hydrogens is 314 g/mol. The maximum Gasteiger partial charge on any atom is 0.227 e. The highest BCUT2D eigenvalue weighted by Gasteiger charge is 2.27. The minimum atomic E-state index is -0.303. The van der Waals surface area contributed by atoms with Gasteiger partial charge in [-0.1, -0.05) is 39.0 Å². The Morgan fingerprint density at radius 3 is 2.44 bits per heavy atom. The lowest BCUT2D eigenvalue weighted by Crippen LogP contribution is -2.51. The SMILES string of the molecule is CC(C)(C)C(=O)CN1CCN(C(=O)Cc2c[nH]c3ccccc23)CC1. The number of aromatic amines is 1. The monoisotopic (exact) mass is 341 g/mol. The molecule has 1 aliphatic rings. The van der Waals surface area contributed by atoms with Crippen LogP contribution in [0.3, 0.4) is 0 Å². The van der Waals surface area contributed by atoms with Crippen LogP contribution in [0.25, 0.3) is 10.9 Å². The molecule has 0 aliphatic carbocycles. The van der Waals surface area contributed by atoms with Gasteiger partial charge >= 0.3 is 0 Å². The first kappa shape index (κ1) is 17.7. The molecule has 0 radical (unpaired) electrons. The van der Waals surface area contributed by atoms with Gasteiger partial charge in [0.05, 0.1) is 13.0 Å². The number of ketones is 1. The van der Waals surface area contributed by atoms with Gasteiger partial charge in [0.15, 0.2) is 5.78 Å². The zero-order valence-electron chi connectivity index (χ0n) is 15.3. The number of carbonyl (C=O) groups excluding carboxylic acids is 2. The lowest BCUT2D eigenvalue weighted by molar-refractivity contribution is -0.133. The Balaban J connectivity index is 1.54. The van der Waals surface area contributed by atoms with Crippen LogP contribution in [0.15, 0.2) is 30.5 Å². The molecule has 1 amide bonds. The number of hydrogen-bond donors (Lipinski definition) is 1. The molecular formula is C20H27N3O2. The first-order valence-corrected chi connectivity index (χ1v) is 8.93. The van der Waals surface area contributed by atoms with Crippen molar-refractivity contribution in [2.24, 2.45) is 5.41 Å². The fourth-order valence-corrected chi connectivity index (χ4v) is 3.15. The summed E-state index contributed by atoms with van der Waals surface area (Å²) in [4.78, 5) is 32.1. The number of H-pyrrole nitrogens is 1. The van der Waals surface area contributed by atoms with Crippen molar-refractivity contribution in [2.75, 3.05) is 32.7 Å². The Morgan fingerprint density at radius 1 is 1.08 bits per heavy atom. The minimum Gasteiger partial charge on any atom is -0.361 e. The van der Waals surface area contributed by atoms with Crippen molar-refractivity contribution in [3.8, 4) is 0 Å². The summed E-state index contributed by atoms with van der Waals surface area (Å²) in [5, 5.41) is 1.12. The second kappa shape index (κ2) is 7.00. The molecule has 1 aromatic heterocycles. The molecule has 2 heterocycles. The Hall–Kier alpha value is -2.14. The van der Waals surface area contributed by atoms with Crippen molar-refractivity contribution in [1.29, 1.82) is 0 Å². The molecule has 1 fully saturated rings. The molecule has 5 heteroatoms. The maximum atomic E-state index is 12.6. The molecule has 25 heavy (non-hydrogen) atoms. The zero-order valence-corrected chi connectivity index (χ0v) is 15.3. The number of rotatable bonds is 4. The standard InChI is InChI=1S/C20H27N3O2/c1-20(2,3)18(24)14-22-8-10-23(11-9-22)19(25)12-15-13-21-17-7-5-4-6-16(15)17/h4-7,13,21H,8-12,14H2,1-3H3. The predicted molar refractivity (Wildman–Crippen MR) is 99.5 cm³/mol. The third-order valence-corrected chi connectivity index (χ3v) is 4.95. The van der Waals surface area contributed by atoms with E-state index in [1.165, 1.54) is 0 Å². The van der Waals surface area contributed by atoms with Crippen LogP contribution in [-0.4, -0.2) is 59.2 Å². The second-order valence-electron chi connectivity index (χ2n) is 7.87. The highest BCUT2D eigenvalue weighted by molar-refractivity contribution is 5.89. The van der Waals surface area contributed by atoms with E-state index in [2.05, 4.69) is 9.88 Å². The number of amides is 1. The third kappa shape index (κ3) is 4.10. The van der Waals surface area contributed by atoms with Crippen LogP contribution in [0.1, 0.15) is 26.3 Å². The van der Waals surface area contributed by atoms with Crippen molar-refractivity contribution in [3.63, 3.8) is 0 Å². The number of benzene rings is 1. The van der Waals surface area contributed by atoms with Crippen molar-refractivity contribution in [1.82, 2.24) is 14.8 Å². The second-order valence-corrected chi connectivity index (χ2v) is 7.87. The van der Waals surface area contributed by atoms with Gasteiger partial charge in [-0.15, -0.1) is 0 Å². The molecule has 1 N–H and O–H groups in total. The molecule has 0 unspecified atom stereocenters. The topological polar surface area (TPSA) is 56.4 Å². The lowest BCUT2D eigenvalue weighted by Gasteiger charge is -2.35. The van der Waals surface area contributed by atoms with Crippen LogP contribution in [0.2, 0.25) is 0 Å². The third-order valence-electron chi connectivity index (χ3n) is 4.95. The van der Waals surface area contributed by atoms with Crippen LogP contribution in [-0.2, 0) is 16.0 Å². The average molecular weight is 341 g/mol. The van der Waals surface area contributed by atoms with Crippen molar-refractivity contribution in [3.05, 3.63) is 36.0 Å². The Labute approximate surface area is 149 Å². The summed E-state index contributed by atoms with van der Waals surface area (Å²) in [6, 6.07) is 8.05. The van der Waals surface area contributed by atoms with Gasteiger partial charge in [-0.3, -0.25) is 14.5 Å². The smallest absolute Gasteiger partial charge is 0.227 e. The molecule has 2 aromatic rings. The molecule has 0 atom stereocenters. The van der Waals surface area contributed by atoms with Gasteiger partial charge in [-0.2, -0.15) is 0 Å². The number of para-hydroxylation sites is 1. The van der Waals surface area contributed by atoms with E-state index in [0.29, 0.717) is 26.1 Å². The number of nitrogens with zero attached hydrogens (tertiary/aromatic N) is 2. The summed E-state index contributed by atoms with van der Waals surface area (Å²) in [5.41, 5.74) is 1.81. The van der Waals surface area contributed by atoms with E-state index >= 15 is 0 Å². The predicted octanol–water partition coefficient (Wildman–Crippen LogP) is 2.47.